The van der Waals surface area contributed by atoms with Crippen molar-refractivity contribution in [1.82, 2.24) is 0 Å². The number of unbranched alkanes of at least 4 members (excludes halogenated alkanes) is 12. The first-order valence-corrected chi connectivity index (χ1v) is 34.3. The van der Waals surface area contributed by atoms with Crippen LogP contribution in [0.15, 0.2) is 69.3 Å². The molecule has 0 unspecified atom stereocenters. The van der Waals surface area contributed by atoms with Crippen LogP contribution in [0.3, 0.4) is 0 Å². The van der Waals surface area contributed by atoms with Crippen molar-refractivity contribution in [1.29, 1.82) is 0 Å². The van der Waals surface area contributed by atoms with E-state index < -0.39 is 0 Å². The minimum atomic E-state index is -0.301. The standard InChI is InChI=1S/C60H105O3SSi3/c1-13-16-19-22-25-40-58(4,5)65-43-28-31-49-46-52(34-37-55(49)61-10)64(53-35-38-56(62-11)50(47-53)32-29-44-66-59(6,7)41-26-23-20-17-14-2)54-36-39-57(63-12)51(48-54)33-30-45-67-60(8,9)42-27-24-21-18-15-3/h34-39,46-48H,13-33,40-45,65-67H2,1-12H3/q+1. The van der Waals surface area contributed by atoms with E-state index in [0.717, 1.165) is 36.5 Å². The highest BCUT2D eigenvalue weighted by molar-refractivity contribution is 7.97. The van der Waals surface area contributed by atoms with Crippen molar-refractivity contribution in [3.05, 3.63) is 71.3 Å². The van der Waals surface area contributed by atoms with Crippen LogP contribution in [0, 0.1) is 0 Å². The van der Waals surface area contributed by atoms with Crippen molar-refractivity contribution in [3.8, 4) is 17.2 Å². The highest BCUT2D eigenvalue weighted by atomic mass is 32.2. The predicted octanol–water partition coefficient (Wildman–Crippen LogP) is 17.0. The molecule has 0 aliphatic heterocycles. The van der Waals surface area contributed by atoms with E-state index in [1.807, 2.05) is 21.3 Å². The Hall–Kier alpha value is -1.94. The summed E-state index contributed by atoms with van der Waals surface area (Å²) in [4.78, 5) is 4.15. The molecule has 67 heavy (non-hydrogen) atoms. The number of hydrogen-bond acceptors (Lipinski definition) is 3. The molecule has 3 aromatic rings. The van der Waals surface area contributed by atoms with Crippen LogP contribution in [0.1, 0.15) is 214 Å². The molecule has 0 amide bonds. The smallest absolute Gasteiger partial charge is 0.167 e. The van der Waals surface area contributed by atoms with Crippen LogP contribution in [-0.2, 0) is 30.2 Å². The quantitative estimate of drug-likeness (QED) is 0.0324. The molecule has 0 heterocycles. The van der Waals surface area contributed by atoms with Crippen molar-refractivity contribution in [3.63, 3.8) is 0 Å². The Kier molecular flexibility index (Phi) is 29.1. The molecule has 3 rings (SSSR count). The molecule has 0 aliphatic carbocycles. The monoisotopic (exact) mass is 990 g/mol. The molecule has 3 nitrogen and oxygen atoms in total. The van der Waals surface area contributed by atoms with Crippen molar-refractivity contribution in [2.45, 2.75) is 264 Å². The Morgan fingerprint density at radius 2 is 0.642 bits per heavy atom. The molecular weight excluding hydrogens is 885 g/mol. The highest BCUT2D eigenvalue weighted by Gasteiger charge is 2.32. The molecule has 0 bridgehead atoms. The number of rotatable bonds is 39. The van der Waals surface area contributed by atoms with Gasteiger partial charge in [0.25, 0.3) is 0 Å². The van der Waals surface area contributed by atoms with Crippen molar-refractivity contribution in [2.24, 2.45) is 0 Å². The zero-order chi connectivity index (χ0) is 49.0. The molecule has 0 aromatic heterocycles. The number of hydrogen-bond donors (Lipinski definition) is 0. The fraction of sp³-hybridized carbons (Fsp3) is 0.700. The molecule has 0 saturated heterocycles. The second kappa shape index (κ2) is 32.9. The Bertz CT molecular complexity index is 1570. The molecule has 0 atom stereocenters. The van der Waals surface area contributed by atoms with Gasteiger partial charge in [-0.05, 0) is 87.5 Å². The SMILES string of the molecule is CCCCCCCC(C)(C)[SiH2]CCCc1cc([S+](c2ccc(OC)c(CCC[SiH2]C(C)(C)CCCCCCC)c2)c2ccc(OC)c(CCC[SiH2]C(C)(C)CCCCCCC)c2)ccc1OC. The van der Waals surface area contributed by atoms with Gasteiger partial charge in [-0.25, -0.2) is 0 Å². The average Bonchev–Trinajstić information content (AvgIpc) is 3.30. The zero-order valence-corrected chi connectivity index (χ0v) is 51.1. The largest absolute Gasteiger partial charge is 0.496 e. The summed E-state index contributed by atoms with van der Waals surface area (Å²) in [6, 6.07) is 25.6. The molecule has 0 saturated carbocycles. The third kappa shape index (κ3) is 23.2. The van der Waals surface area contributed by atoms with Gasteiger partial charge in [0, 0.05) is 46.8 Å². The maximum Gasteiger partial charge on any atom is 0.167 e. The van der Waals surface area contributed by atoms with Gasteiger partial charge in [0.05, 0.1) is 32.2 Å². The molecule has 0 N–H and O–H groups in total. The average molecular weight is 991 g/mol. The van der Waals surface area contributed by atoms with Crippen LogP contribution >= 0.6 is 0 Å². The highest BCUT2D eigenvalue weighted by Crippen LogP contribution is 2.40. The van der Waals surface area contributed by atoms with E-state index in [4.69, 9.17) is 14.2 Å². The lowest BCUT2D eigenvalue weighted by Gasteiger charge is -2.24. The van der Waals surface area contributed by atoms with Gasteiger partial charge in [-0.15, -0.1) is 0 Å². The van der Waals surface area contributed by atoms with E-state index in [1.54, 1.807) is 0 Å². The minimum Gasteiger partial charge on any atom is -0.496 e. The second-order valence-electron chi connectivity index (χ2n) is 22.8. The van der Waals surface area contributed by atoms with Gasteiger partial charge in [0.1, 0.15) is 17.2 Å². The van der Waals surface area contributed by atoms with E-state index in [2.05, 4.69) is 117 Å². The van der Waals surface area contributed by atoms with Gasteiger partial charge in [0.2, 0.25) is 0 Å². The normalized spacial score (nSPS) is 13.3. The van der Waals surface area contributed by atoms with Crippen LogP contribution in [0.25, 0.3) is 0 Å². The molecule has 3 aromatic carbocycles. The number of aryl methyl sites for hydroxylation is 3. The topological polar surface area (TPSA) is 27.7 Å². The second-order valence-corrected chi connectivity index (χ2v) is 34.2. The van der Waals surface area contributed by atoms with E-state index >= 15 is 0 Å². The summed E-state index contributed by atoms with van der Waals surface area (Å²) in [6.07, 6.45) is 31.9. The zero-order valence-electron chi connectivity index (χ0n) is 46.0. The summed E-state index contributed by atoms with van der Waals surface area (Å²) < 4.78 is 18.3. The van der Waals surface area contributed by atoms with Crippen LogP contribution in [0.4, 0.5) is 0 Å². The molecule has 380 valence electrons. The number of ether oxygens (including phenoxy) is 3. The number of methoxy groups -OCH3 is 3. The predicted molar refractivity (Wildman–Crippen MR) is 308 cm³/mol. The Balaban J connectivity index is 1.91. The lowest BCUT2D eigenvalue weighted by atomic mass is 10.0. The summed E-state index contributed by atoms with van der Waals surface area (Å²) >= 11 is 0. The van der Waals surface area contributed by atoms with Crippen LogP contribution in [0.5, 0.6) is 17.2 Å². The Morgan fingerprint density at radius 3 is 0.896 bits per heavy atom. The molecule has 0 aliphatic rings. The van der Waals surface area contributed by atoms with Gasteiger partial charge >= 0.3 is 0 Å². The summed E-state index contributed by atoms with van der Waals surface area (Å²) in [6.45, 7) is 22.3. The first-order valence-electron chi connectivity index (χ1n) is 28.0. The van der Waals surface area contributed by atoms with Crippen LogP contribution in [-0.4, -0.2) is 49.9 Å². The molecule has 0 radical (unpaired) electrons. The van der Waals surface area contributed by atoms with Gasteiger partial charge in [-0.2, -0.15) is 0 Å². The van der Waals surface area contributed by atoms with Crippen molar-refractivity contribution in [2.75, 3.05) is 21.3 Å². The molecule has 0 spiro atoms. The Morgan fingerprint density at radius 1 is 0.373 bits per heavy atom. The third-order valence-electron chi connectivity index (χ3n) is 15.0. The minimum absolute atomic E-state index is 0.172. The number of benzene rings is 3. The van der Waals surface area contributed by atoms with E-state index in [-0.39, 0.29) is 39.5 Å². The molecule has 7 heteroatoms. The van der Waals surface area contributed by atoms with Gasteiger partial charge in [0.15, 0.2) is 14.7 Å². The van der Waals surface area contributed by atoms with E-state index in [1.165, 1.54) is 184 Å². The first-order chi connectivity index (χ1) is 32.2. The summed E-state index contributed by atoms with van der Waals surface area (Å²) in [5.74, 6) is 3.11. The van der Waals surface area contributed by atoms with Crippen molar-refractivity contribution < 1.29 is 14.2 Å². The lowest BCUT2D eigenvalue weighted by Crippen LogP contribution is -2.13. The van der Waals surface area contributed by atoms with Gasteiger partial charge in [-0.3, -0.25) is 0 Å². The van der Waals surface area contributed by atoms with Gasteiger partial charge < -0.3 is 14.2 Å². The summed E-state index contributed by atoms with van der Waals surface area (Å²) in [5.41, 5.74) is 4.09. The van der Waals surface area contributed by atoms with Crippen LogP contribution < -0.4 is 14.2 Å². The lowest BCUT2D eigenvalue weighted by molar-refractivity contribution is 0.409. The maximum atomic E-state index is 6.09. The summed E-state index contributed by atoms with van der Waals surface area (Å²) in [7, 11) is 4.75. The fourth-order valence-electron chi connectivity index (χ4n) is 10.4. The Labute approximate surface area is 425 Å². The molecule has 0 fully saturated rings. The first kappa shape index (κ1) is 59.4. The third-order valence-corrected chi connectivity index (χ3v) is 24.8. The van der Waals surface area contributed by atoms with E-state index in [0.29, 0.717) is 15.1 Å². The maximum absolute atomic E-state index is 6.09. The summed E-state index contributed by atoms with van der Waals surface area (Å²) in [5, 5.41) is 1.63. The fourth-order valence-corrected chi connectivity index (χ4v) is 18.5. The van der Waals surface area contributed by atoms with Crippen molar-refractivity contribution >= 4 is 39.5 Å². The molecular formula is C60H105O3SSi3+. The van der Waals surface area contributed by atoms with E-state index in [9.17, 15) is 0 Å². The van der Waals surface area contributed by atoms with Gasteiger partial charge in [-0.1, -0.05) is 215 Å². The van der Waals surface area contributed by atoms with Crippen LogP contribution in [0.2, 0.25) is 33.2 Å².